The van der Waals surface area contributed by atoms with Crippen LogP contribution in [0.1, 0.15) is 17.5 Å². The van der Waals surface area contributed by atoms with Gasteiger partial charge in [0.2, 0.25) is 5.91 Å². The van der Waals surface area contributed by atoms with Gasteiger partial charge in [0.05, 0.1) is 5.92 Å². The molecule has 3 aromatic rings. The highest BCUT2D eigenvalue weighted by Gasteiger charge is 2.36. The molecule has 0 aromatic heterocycles. The van der Waals surface area contributed by atoms with Gasteiger partial charge in [-0.25, -0.2) is 0 Å². The Bertz CT molecular complexity index is 1190. The SMILES string of the molecule is Cc1ccc(C)c(N2C[C@H](C(=O)OCC(=O)Nc3ccc(Oc4ccccc4)cc3)CC2=O)c1. The van der Waals surface area contributed by atoms with Crippen molar-refractivity contribution in [1.29, 1.82) is 0 Å². The van der Waals surface area contributed by atoms with Crippen LogP contribution in [0.2, 0.25) is 0 Å². The van der Waals surface area contributed by atoms with Crippen LogP contribution in [0.15, 0.2) is 72.8 Å². The molecule has 1 heterocycles. The molecule has 34 heavy (non-hydrogen) atoms. The van der Waals surface area contributed by atoms with Crippen molar-refractivity contribution in [2.75, 3.05) is 23.4 Å². The number of benzene rings is 3. The first-order valence-corrected chi connectivity index (χ1v) is 11.1. The van der Waals surface area contributed by atoms with Gasteiger partial charge in [0.15, 0.2) is 6.61 Å². The van der Waals surface area contributed by atoms with Crippen molar-refractivity contribution in [2.24, 2.45) is 5.92 Å². The third kappa shape index (κ3) is 5.61. The number of hydrogen-bond donors (Lipinski definition) is 1. The minimum Gasteiger partial charge on any atom is -0.457 e. The number of carbonyl (C=O) groups excluding carboxylic acids is 3. The Morgan fingerprint density at radius 3 is 2.41 bits per heavy atom. The average Bonchev–Trinajstić information content (AvgIpc) is 3.22. The number of para-hydroxylation sites is 1. The third-order valence-electron chi connectivity index (χ3n) is 5.58. The van der Waals surface area contributed by atoms with Gasteiger partial charge in [-0.2, -0.15) is 0 Å². The second kappa shape index (κ2) is 10.2. The van der Waals surface area contributed by atoms with Gasteiger partial charge in [-0.15, -0.1) is 0 Å². The van der Waals surface area contributed by atoms with Crippen molar-refractivity contribution in [3.63, 3.8) is 0 Å². The summed E-state index contributed by atoms with van der Waals surface area (Å²) >= 11 is 0. The molecule has 0 bridgehead atoms. The zero-order chi connectivity index (χ0) is 24.1. The van der Waals surface area contributed by atoms with E-state index < -0.39 is 24.4 Å². The van der Waals surface area contributed by atoms with E-state index >= 15 is 0 Å². The Balaban J connectivity index is 1.26. The molecule has 7 heteroatoms. The Labute approximate surface area is 198 Å². The number of aryl methyl sites for hydroxylation is 2. The minimum absolute atomic E-state index is 0.0662. The number of ether oxygens (including phenoxy) is 2. The number of anilines is 2. The molecule has 1 fully saturated rings. The van der Waals surface area contributed by atoms with E-state index in [0.717, 1.165) is 16.8 Å². The van der Waals surface area contributed by atoms with Crippen molar-refractivity contribution in [2.45, 2.75) is 20.3 Å². The Hall–Kier alpha value is -4.13. The number of rotatable bonds is 7. The third-order valence-corrected chi connectivity index (χ3v) is 5.58. The molecule has 3 aromatic carbocycles. The molecule has 0 unspecified atom stereocenters. The molecule has 0 aliphatic carbocycles. The highest BCUT2D eigenvalue weighted by atomic mass is 16.5. The van der Waals surface area contributed by atoms with Gasteiger partial charge >= 0.3 is 5.97 Å². The largest absolute Gasteiger partial charge is 0.457 e. The van der Waals surface area contributed by atoms with Gasteiger partial charge in [-0.1, -0.05) is 30.3 Å². The highest BCUT2D eigenvalue weighted by molar-refractivity contribution is 6.00. The molecular weight excluding hydrogens is 432 g/mol. The van der Waals surface area contributed by atoms with Gasteiger partial charge in [0.25, 0.3) is 5.91 Å². The van der Waals surface area contributed by atoms with Crippen LogP contribution < -0.4 is 15.0 Å². The van der Waals surface area contributed by atoms with E-state index in [0.29, 0.717) is 17.2 Å². The first kappa shape index (κ1) is 23.0. The zero-order valence-electron chi connectivity index (χ0n) is 19.1. The van der Waals surface area contributed by atoms with E-state index in [2.05, 4.69) is 5.32 Å². The Morgan fingerprint density at radius 2 is 1.68 bits per heavy atom. The molecule has 0 spiro atoms. The molecule has 1 aliphatic heterocycles. The Morgan fingerprint density at radius 1 is 0.971 bits per heavy atom. The fourth-order valence-electron chi connectivity index (χ4n) is 3.79. The summed E-state index contributed by atoms with van der Waals surface area (Å²) in [4.78, 5) is 38.9. The van der Waals surface area contributed by atoms with Gasteiger partial charge in [0.1, 0.15) is 11.5 Å². The van der Waals surface area contributed by atoms with E-state index in [4.69, 9.17) is 9.47 Å². The lowest BCUT2D eigenvalue weighted by molar-refractivity contribution is -0.151. The van der Waals surface area contributed by atoms with Crippen LogP contribution in [-0.4, -0.2) is 30.9 Å². The van der Waals surface area contributed by atoms with E-state index in [1.807, 2.05) is 62.4 Å². The van der Waals surface area contributed by atoms with Crippen LogP contribution in [0.4, 0.5) is 11.4 Å². The predicted molar refractivity (Wildman–Crippen MR) is 129 cm³/mol. The van der Waals surface area contributed by atoms with Crippen molar-refractivity contribution in [3.8, 4) is 11.5 Å². The summed E-state index contributed by atoms with van der Waals surface area (Å²) in [6.07, 6.45) is 0.0662. The van der Waals surface area contributed by atoms with E-state index in [1.54, 1.807) is 29.2 Å². The Kier molecular flexibility index (Phi) is 6.92. The number of carbonyl (C=O) groups is 3. The maximum Gasteiger partial charge on any atom is 0.311 e. The summed E-state index contributed by atoms with van der Waals surface area (Å²) in [7, 11) is 0. The fourth-order valence-corrected chi connectivity index (χ4v) is 3.79. The van der Waals surface area contributed by atoms with Crippen molar-refractivity contribution in [1.82, 2.24) is 0 Å². The van der Waals surface area contributed by atoms with Crippen LogP contribution in [0, 0.1) is 19.8 Å². The summed E-state index contributed by atoms with van der Waals surface area (Å²) in [5.41, 5.74) is 3.36. The lowest BCUT2D eigenvalue weighted by Crippen LogP contribution is -2.28. The number of amides is 2. The number of nitrogens with one attached hydrogen (secondary N) is 1. The molecule has 174 valence electrons. The lowest BCUT2D eigenvalue weighted by atomic mass is 10.1. The normalized spacial score (nSPS) is 15.2. The highest BCUT2D eigenvalue weighted by Crippen LogP contribution is 2.29. The molecular formula is C27H26N2O5. The van der Waals surface area contributed by atoms with Crippen molar-refractivity contribution < 1.29 is 23.9 Å². The molecule has 2 amide bonds. The maximum atomic E-state index is 12.5. The number of esters is 1. The van der Waals surface area contributed by atoms with E-state index in [9.17, 15) is 14.4 Å². The minimum atomic E-state index is -0.602. The van der Waals surface area contributed by atoms with Gasteiger partial charge in [0, 0.05) is 24.3 Å². The summed E-state index contributed by atoms with van der Waals surface area (Å²) in [6, 6.07) is 22.1. The molecule has 0 radical (unpaired) electrons. The van der Waals surface area contributed by atoms with Crippen LogP contribution >= 0.6 is 0 Å². The van der Waals surface area contributed by atoms with Gasteiger partial charge in [-0.3, -0.25) is 14.4 Å². The number of nitrogens with zero attached hydrogens (tertiary/aromatic N) is 1. The topological polar surface area (TPSA) is 84.9 Å². The lowest BCUT2D eigenvalue weighted by Gasteiger charge is -2.19. The molecule has 1 aliphatic rings. The maximum absolute atomic E-state index is 12.5. The molecule has 0 saturated carbocycles. The average molecular weight is 459 g/mol. The van der Waals surface area contributed by atoms with E-state index in [1.165, 1.54) is 0 Å². The summed E-state index contributed by atoms with van der Waals surface area (Å²) in [5, 5.41) is 2.69. The fraction of sp³-hybridized carbons (Fsp3) is 0.222. The molecule has 1 saturated heterocycles. The smallest absolute Gasteiger partial charge is 0.311 e. The van der Waals surface area contributed by atoms with Gasteiger partial charge < -0.3 is 19.7 Å². The van der Waals surface area contributed by atoms with E-state index in [-0.39, 0.29) is 18.9 Å². The second-order valence-corrected chi connectivity index (χ2v) is 8.29. The number of hydrogen-bond acceptors (Lipinski definition) is 5. The zero-order valence-corrected chi connectivity index (χ0v) is 19.1. The van der Waals surface area contributed by atoms with Crippen molar-refractivity contribution >= 4 is 29.2 Å². The van der Waals surface area contributed by atoms with Crippen LogP contribution in [0.5, 0.6) is 11.5 Å². The van der Waals surface area contributed by atoms with Crippen LogP contribution in [0.3, 0.4) is 0 Å². The molecule has 7 nitrogen and oxygen atoms in total. The first-order chi connectivity index (χ1) is 16.4. The summed E-state index contributed by atoms with van der Waals surface area (Å²) < 4.78 is 10.9. The van der Waals surface area contributed by atoms with Gasteiger partial charge in [-0.05, 0) is 67.4 Å². The monoisotopic (exact) mass is 458 g/mol. The summed E-state index contributed by atoms with van der Waals surface area (Å²) in [6.45, 7) is 3.71. The second-order valence-electron chi connectivity index (χ2n) is 8.29. The molecule has 1 atom stereocenters. The standard InChI is InChI=1S/C27H26N2O5/c1-18-8-9-19(2)24(14-18)29-16-20(15-26(29)31)27(32)33-17-25(30)28-21-10-12-23(13-11-21)34-22-6-4-3-5-7-22/h3-14,20H,15-17H2,1-2H3,(H,28,30)/t20-/m1/s1. The summed E-state index contributed by atoms with van der Waals surface area (Å²) in [5.74, 6) is -0.390. The predicted octanol–water partition coefficient (Wildman–Crippen LogP) is 4.63. The molecule has 4 rings (SSSR count). The van der Waals surface area contributed by atoms with Crippen molar-refractivity contribution in [3.05, 3.63) is 83.9 Å². The van der Waals surface area contributed by atoms with Crippen LogP contribution in [-0.2, 0) is 19.1 Å². The molecule has 1 N–H and O–H groups in total. The first-order valence-electron chi connectivity index (χ1n) is 11.1. The van der Waals surface area contributed by atoms with Crippen LogP contribution in [0.25, 0.3) is 0 Å². The quantitative estimate of drug-likeness (QED) is 0.522.